The van der Waals surface area contributed by atoms with Gasteiger partial charge in [0, 0.05) is 6.04 Å². The third-order valence-electron chi connectivity index (χ3n) is 5.34. The van der Waals surface area contributed by atoms with Gasteiger partial charge in [0.2, 0.25) is 10.0 Å². The number of phenolic OH excluding ortho intramolecular Hbond substituents is 1. The van der Waals surface area contributed by atoms with Gasteiger partial charge in [-0.1, -0.05) is 0 Å². The fourth-order valence-electron chi connectivity index (χ4n) is 4.43. The van der Waals surface area contributed by atoms with E-state index in [9.17, 15) is 13.5 Å². The highest BCUT2D eigenvalue weighted by Gasteiger charge is 2.65. The second-order valence-electron chi connectivity index (χ2n) is 6.36. The summed E-state index contributed by atoms with van der Waals surface area (Å²) in [4.78, 5) is 0.130. The summed E-state index contributed by atoms with van der Waals surface area (Å²) in [5.74, 6) is 2.46. The van der Waals surface area contributed by atoms with Crippen molar-refractivity contribution in [3.63, 3.8) is 0 Å². The van der Waals surface area contributed by atoms with E-state index in [0.717, 1.165) is 11.8 Å². The molecule has 3 saturated carbocycles. The van der Waals surface area contributed by atoms with E-state index in [4.69, 9.17) is 5.73 Å². The third kappa shape index (κ3) is 1.67. The molecule has 0 heterocycles. The van der Waals surface area contributed by atoms with Gasteiger partial charge in [-0.05, 0) is 61.1 Å². The van der Waals surface area contributed by atoms with E-state index < -0.39 is 10.0 Å². The van der Waals surface area contributed by atoms with Gasteiger partial charge >= 0.3 is 0 Å². The summed E-state index contributed by atoms with van der Waals surface area (Å²) >= 11 is 0. The second-order valence-corrected chi connectivity index (χ2v) is 8.07. The summed E-state index contributed by atoms with van der Waals surface area (Å²) in [5, 5.41) is 9.37. The Balaban J connectivity index is 1.55. The number of nitrogens with one attached hydrogen (secondary N) is 1. The first kappa shape index (κ1) is 12.5. The molecule has 0 saturated heterocycles. The van der Waals surface area contributed by atoms with Gasteiger partial charge in [-0.25, -0.2) is 13.1 Å². The normalized spacial score (nSPS) is 37.9. The Morgan fingerprint density at radius 1 is 1.20 bits per heavy atom. The molecule has 0 spiro atoms. The Morgan fingerprint density at radius 2 is 1.85 bits per heavy atom. The van der Waals surface area contributed by atoms with Gasteiger partial charge in [-0.15, -0.1) is 0 Å². The van der Waals surface area contributed by atoms with Crippen molar-refractivity contribution in [3.05, 3.63) is 18.2 Å². The average molecular weight is 294 g/mol. The van der Waals surface area contributed by atoms with E-state index in [1.807, 2.05) is 0 Å². The molecule has 1 aromatic rings. The van der Waals surface area contributed by atoms with Crippen molar-refractivity contribution >= 4 is 15.7 Å². The molecule has 1 aromatic carbocycles. The molecule has 4 unspecified atom stereocenters. The van der Waals surface area contributed by atoms with Crippen LogP contribution in [-0.4, -0.2) is 19.6 Å². The third-order valence-corrected chi connectivity index (χ3v) is 6.79. The zero-order valence-corrected chi connectivity index (χ0v) is 11.8. The molecule has 6 heteroatoms. The van der Waals surface area contributed by atoms with Crippen LogP contribution in [0.4, 0.5) is 5.69 Å². The van der Waals surface area contributed by atoms with Crippen molar-refractivity contribution in [2.45, 2.75) is 30.2 Å². The average Bonchev–Trinajstić information content (AvgIpc) is 2.81. The minimum absolute atomic E-state index is 0.0870. The molecule has 20 heavy (non-hydrogen) atoms. The van der Waals surface area contributed by atoms with Crippen LogP contribution < -0.4 is 10.5 Å². The molecule has 108 valence electrons. The van der Waals surface area contributed by atoms with Crippen LogP contribution in [0.1, 0.15) is 19.3 Å². The second kappa shape index (κ2) is 3.89. The quantitative estimate of drug-likeness (QED) is 0.578. The fourth-order valence-corrected chi connectivity index (χ4v) is 5.77. The highest BCUT2D eigenvalue weighted by molar-refractivity contribution is 7.89. The van der Waals surface area contributed by atoms with Crippen molar-refractivity contribution in [1.82, 2.24) is 4.72 Å². The van der Waals surface area contributed by atoms with Gasteiger partial charge in [0.1, 0.15) is 5.75 Å². The maximum absolute atomic E-state index is 12.4. The lowest BCUT2D eigenvalue weighted by atomic mass is 10.0. The Hall–Kier alpha value is -1.27. The zero-order chi connectivity index (χ0) is 14.1. The number of hydrogen-bond donors (Lipinski definition) is 3. The number of benzene rings is 1. The van der Waals surface area contributed by atoms with Crippen LogP contribution in [0, 0.1) is 23.7 Å². The minimum Gasteiger partial charge on any atom is -0.506 e. The van der Waals surface area contributed by atoms with E-state index in [0.29, 0.717) is 11.8 Å². The summed E-state index contributed by atoms with van der Waals surface area (Å²) in [6.45, 7) is 0. The predicted octanol–water partition coefficient (Wildman–Crippen LogP) is 1.30. The molecule has 0 amide bonds. The Kier molecular flexibility index (Phi) is 2.42. The first-order valence-corrected chi connectivity index (χ1v) is 8.56. The van der Waals surface area contributed by atoms with Crippen LogP contribution in [0.15, 0.2) is 23.1 Å². The summed E-state index contributed by atoms with van der Waals surface area (Å²) in [6.07, 6.45) is 3.81. The van der Waals surface area contributed by atoms with E-state index >= 15 is 0 Å². The van der Waals surface area contributed by atoms with Crippen LogP contribution in [0.2, 0.25) is 0 Å². The Morgan fingerprint density at radius 3 is 2.45 bits per heavy atom. The highest BCUT2D eigenvalue weighted by Crippen LogP contribution is 2.65. The number of rotatable bonds is 3. The van der Waals surface area contributed by atoms with Gasteiger partial charge in [-0.3, -0.25) is 0 Å². The molecule has 4 rings (SSSR count). The molecule has 3 aliphatic carbocycles. The molecule has 0 aromatic heterocycles. The molecule has 2 bridgehead atoms. The van der Waals surface area contributed by atoms with Crippen molar-refractivity contribution in [2.75, 3.05) is 5.73 Å². The van der Waals surface area contributed by atoms with Crippen LogP contribution in [0.5, 0.6) is 5.75 Å². The largest absolute Gasteiger partial charge is 0.506 e. The Bertz CT molecular complexity index is 657. The highest BCUT2D eigenvalue weighted by atomic mass is 32.2. The van der Waals surface area contributed by atoms with Crippen LogP contribution in [-0.2, 0) is 10.0 Å². The number of aromatic hydroxyl groups is 1. The number of phenols is 1. The molecule has 4 N–H and O–H groups in total. The van der Waals surface area contributed by atoms with E-state index in [-0.39, 0.29) is 22.4 Å². The summed E-state index contributed by atoms with van der Waals surface area (Å²) < 4.78 is 27.6. The molecule has 5 nitrogen and oxygen atoms in total. The van der Waals surface area contributed by atoms with Gasteiger partial charge in [-0.2, -0.15) is 0 Å². The van der Waals surface area contributed by atoms with Gasteiger partial charge in [0.05, 0.1) is 10.6 Å². The number of hydrogen-bond acceptors (Lipinski definition) is 4. The minimum atomic E-state index is -3.54. The van der Waals surface area contributed by atoms with E-state index in [1.165, 1.54) is 37.5 Å². The lowest BCUT2D eigenvalue weighted by Crippen LogP contribution is -2.30. The fraction of sp³-hybridized carbons (Fsp3) is 0.571. The van der Waals surface area contributed by atoms with Crippen molar-refractivity contribution in [1.29, 1.82) is 0 Å². The first-order chi connectivity index (χ1) is 9.47. The zero-order valence-electron chi connectivity index (χ0n) is 11.0. The molecule has 3 fully saturated rings. The maximum atomic E-state index is 12.4. The Labute approximate surface area is 118 Å². The monoisotopic (exact) mass is 294 g/mol. The lowest BCUT2D eigenvalue weighted by molar-refractivity contribution is 0.456. The predicted molar refractivity (Wildman–Crippen MR) is 74.4 cm³/mol. The molecular weight excluding hydrogens is 276 g/mol. The number of anilines is 1. The summed E-state index contributed by atoms with van der Waals surface area (Å²) in [6, 6.07) is 4.13. The summed E-state index contributed by atoms with van der Waals surface area (Å²) in [7, 11) is -3.54. The van der Waals surface area contributed by atoms with Crippen molar-refractivity contribution < 1.29 is 13.5 Å². The van der Waals surface area contributed by atoms with E-state index in [2.05, 4.69) is 4.72 Å². The first-order valence-electron chi connectivity index (χ1n) is 7.08. The van der Waals surface area contributed by atoms with E-state index in [1.54, 1.807) is 0 Å². The number of fused-ring (bicyclic) bond motifs is 5. The van der Waals surface area contributed by atoms with Crippen molar-refractivity contribution in [3.8, 4) is 5.75 Å². The molecular formula is C14H18N2O3S. The van der Waals surface area contributed by atoms with Crippen molar-refractivity contribution in [2.24, 2.45) is 23.7 Å². The van der Waals surface area contributed by atoms with Crippen LogP contribution in [0.3, 0.4) is 0 Å². The molecule has 4 atom stereocenters. The van der Waals surface area contributed by atoms with Crippen LogP contribution >= 0.6 is 0 Å². The standard InChI is InChI=1S/C14H18N2O3S/c15-10-6-9(3-4-11(10)17)20(18,19)16-14-12-7-1-2-8(5-7)13(12)14/h3-4,6-8,12-14,16-17H,1-2,5,15H2. The molecule has 0 aliphatic heterocycles. The molecule has 0 radical (unpaired) electrons. The lowest BCUT2D eigenvalue weighted by Gasteiger charge is -2.12. The van der Waals surface area contributed by atoms with Gasteiger partial charge in [0.25, 0.3) is 0 Å². The van der Waals surface area contributed by atoms with Gasteiger partial charge in [0.15, 0.2) is 0 Å². The topological polar surface area (TPSA) is 92.4 Å². The maximum Gasteiger partial charge on any atom is 0.240 e. The van der Waals surface area contributed by atoms with Gasteiger partial charge < -0.3 is 10.8 Å². The smallest absolute Gasteiger partial charge is 0.240 e. The number of nitrogens with two attached hydrogens (primary N) is 1. The SMILES string of the molecule is Nc1cc(S(=O)(=O)NC2C3C4CCC(C4)C23)ccc1O. The number of nitrogen functional groups attached to an aromatic ring is 1. The molecule has 3 aliphatic rings. The van der Waals surface area contributed by atoms with Crippen LogP contribution in [0.25, 0.3) is 0 Å². The number of sulfonamides is 1. The summed E-state index contributed by atoms with van der Waals surface area (Å²) in [5.41, 5.74) is 5.65.